The molecule has 0 fully saturated rings. The van der Waals surface area contributed by atoms with Gasteiger partial charge in [0.25, 0.3) is 0 Å². The third-order valence-electron chi connectivity index (χ3n) is 2.74. The molecule has 1 aromatic rings. The Balaban J connectivity index is 2.90. The molecule has 0 radical (unpaired) electrons. The third-order valence-corrected chi connectivity index (χ3v) is 3.48. The van der Waals surface area contributed by atoms with Crippen LogP contribution in [0.15, 0.2) is 18.2 Å². The van der Waals surface area contributed by atoms with E-state index in [1.165, 1.54) is 0 Å². The van der Waals surface area contributed by atoms with Crippen LogP contribution in [0.1, 0.15) is 33.3 Å². The minimum absolute atomic E-state index is 0.00447. The van der Waals surface area contributed by atoms with E-state index in [9.17, 15) is 4.79 Å². The standard InChI is InChI=1S/C14H19Cl2NO/c1-9(2)14(18)17(10(3)4)8-11-5-6-12(15)13(16)7-11/h5-7,9-10H,8H2,1-4H3. The van der Waals surface area contributed by atoms with Crippen LogP contribution in [0, 0.1) is 5.92 Å². The summed E-state index contributed by atoms with van der Waals surface area (Å²) in [5.74, 6) is 0.145. The van der Waals surface area contributed by atoms with E-state index in [1.54, 1.807) is 6.07 Å². The molecular weight excluding hydrogens is 269 g/mol. The SMILES string of the molecule is CC(C)C(=O)N(Cc1ccc(Cl)c(Cl)c1)C(C)C. The molecule has 0 saturated heterocycles. The van der Waals surface area contributed by atoms with Crippen molar-refractivity contribution in [1.82, 2.24) is 4.90 Å². The van der Waals surface area contributed by atoms with Crippen LogP contribution in [-0.2, 0) is 11.3 Å². The topological polar surface area (TPSA) is 20.3 Å². The molecule has 0 heterocycles. The fourth-order valence-corrected chi connectivity index (χ4v) is 2.00. The molecule has 2 nitrogen and oxygen atoms in total. The normalized spacial score (nSPS) is 11.1. The lowest BCUT2D eigenvalue weighted by atomic mass is 10.1. The summed E-state index contributed by atoms with van der Waals surface area (Å²) < 4.78 is 0. The highest BCUT2D eigenvalue weighted by Gasteiger charge is 2.20. The average molecular weight is 288 g/mol. The van der Waals surface area contributed by atoms with Crippen LogP contribution in [0.25, 0.3) is 0 Å². The zero-order chi connectivity index (χ0) is 13.9. The summed E-state index contributed by atoms with van der Waals surface area (Å²) >= 11 is 11.9. The maximum absolute atomic E-state index is 12.1. The molecular formula is C14H19Cl2NO. The molecule has 0 saturated carbocycles. The summed E-state index contributed by atoms with van der Waals surface area (Å²) in [4.78, 5) is 14.0. The Morgan fingerprint density at radius 3 is 2.22 bits per heavy atom. The predicted molar refractivity (Wildman–Crippen MR) is 77.0 cm³/mol. The summed E-state index contributed by atoms with van der Waals surface area (Å²) in [5, 5.41) is 1.06. The highest BCUT2D eigenvalue weighted by atomic mass is 35.5. The van der Waals surface area contributed by atoms with Gasteiger partial charge in [-0.2, -0.15) is 0 Å². The molecule has 0 aromatic heterocycles. The molecule has 0 N–H and O–H groups in total. The van der Waals surface area contributed by atoms with Crippen LogP contribution in [0.2, 0.25) is 10.0 Å². The summed E-state index contributed by atoms with van der Waals surface area (Å²) in [6.45, 7) is 8.40. The van der Waals surface area contributed by atoms with Crippen LogP contribution in [0.3, 0.4) is 0 Å². The van der Waals surface area contributed by atoms with Gasteiger partial charge in [0, 0.05) is 18.5 Å². The van der Waals surface area contributed by atoms with Gasteiger partial charge in [-0.05, 0) is 31.5 Å². The molecule has 0 aliphatic carbocycles. The molecule has 100 valence electrons. The second-order valence-corrected chi connectivity index (χ2v) is 5.78. The van der Waals surface area contributed by atoms with E-state index in [-0.39, 0.29) is 17.9 Å². The van der Waals surface area contributed by atoms with Crippen LogP contribution in [-0.4, -0.2) is 16.8 Å². The summed E-state index contributed by atoms with van der Waals surface area (Å²) in [5.41, 5.74) is 0.993. The number of amides is 1. The smallest absolute Gasteiger partial charge is 0.225 e. The van der Waals surface area contributed by atoms with Crippen LogP contribution in [0.5, 0.6) is 0 Å². The molecule has 0 unspecified atom stereocenters. The van der Waals surface area contributed by atoms with E-state index < -0.39 is 0 Å². The minimum Gasteiger partial charge on any atom is -0.336 e. The van der Waals surface area contributed by atoms with Gasteiger partial charge in [0.1, 0.15) is 0 Å². The third kappa shape index (κ3) is 3.89. The number of carbonyl (C=O) groups is 1. The van der Waals surface area contributed by atoms with Gasteiger partial charge in [-0.3, -0.25) is 4.79 Å². The van der Waals surface area contributed by atoms with Crippen molar-refractivity contribution >= 4 is 29.1 Å². The van der Waals surface area contributed by atoms with E-state index >= 15 is 0 Å². The van der Waals surface area contributed by atoms with E-state index in [0.717, 1.165) is 5.56 Å². The van der Waals surface area contributed by atoms with Crippen molar-refractivity contribution in [1.29, 1.82) is 0 Å². The maximum atomic E-state index is 12.1. The second-order valence-electron chi connectivity index (χ2n) is 4.96. The summed E-state index contributed by atoms with van der Waals surface area (Å²) in [6.07, 6.45) is 0. The number of halogens is 2. The first-order valence-electron chi connectivity index (χ1n) is 6.07. The lowest BCUT2D eigenvalue weighted by molar-refractivity contribution is -0.136. The highest BCUT2D eigenvalue weighted by molar-refractivity contribution is 6.42. The molecule has 1 rings (SSSR count). The number of nitrogens with zero attached hydrogens (tertiary/aromatic N) is 1. The van der Waals surface area contributed by atoms with E-state index in [0.29, 0.717) is 16.6 Å². The lowest BCUT2D eigenvalue weighted by Crippen LogP contribution is -2.38. The van der Waals surface area contributed by atoms with E-state index in [4.69, 9.17) is 23.2 Å². The number of carbonyl (C=O) groups excluding carboxylic acids is 1. The van der Waals surface area contributed by atoms with Gasteiger partial charge in [-0.1, -0.05) is 43.1 Å². The van der Waals surface area contributed by atoms with Gasteiger partial charge >= 0.3 is 0 Å². The monoisotopic (exact) mass is 287 g/mol. The largest absolute Gasteiger partial charge is 0.336 e. The summed E-state index contributed by atoms with van der Waals surface area (Å²) in [7, 11) is 0. The quantitative estimate of drug-likeness (QED) is 0.804. The molecule has 1 aromatic carbocycles. The average Bonchev–Trinajstić information content (AvgIpc) is 2.29. The first kappa shape index (κ1) is 15.3. The molecule has 18 heavy (non-hydrogen) atoms. The van der Waals surface area contributed by atoms with Gasteiger partial charge in [-0.25, -0.2) is 0 Å². The first-order chi connectivity index (χ1) is 8.32. The molecule has 0 spiro atoms. The van der Waals surface area contributed by atoms with Crippen LogP contribution in [0.4, 0.5) is 0 Å². The van der Waals surface area contributed by atoms with Gasteiger partial charge in [0.05, 0.1) is 10.0 Å². The molecule has 1 amide bonds. The Labute approximate surface area is 119 Å². The van der Waals surface area contributed by atoms with Crippen molar-refractivity contribution in [3.05, 3.63) is 33.8 Å². The number of hydrogen-bond donors (Lipinski definition) is 0. The fourth-order valence-electron chi connectivity index (χ4n) is 1.68. The Morgan fingerprint density at radius 1 is 1.17 bits per heavy atom. The number of hydrogen-bond acceptors (Lipinski definition) is 1. The van der Waals surface area contributed by atoms with Gasteiger partial charge in [0.15, 0.2) is 0 Å². The van der Waals surface area contributed by atoms with Crippen molar-refractivity contribution in [2.24, 2.45) is 5.92 Å². The fraction of sp³-hybridized carbons (Fsp3) is 0.500. The molecule has 0 aliphatic rings. The Bertz CT molecular complexity index is 430. The first-order valence-corrected chi connectivity index (χ1v) is 6.83. The molecule has 0 aliphatic heterocycles. The van der Waals surface area contributed by atoms with Crippen molar-refractivity contribution in [2.75, 3.05) is 0 Å². The molecule has 0 atom stereocenters. The number of rotatable bonds is 4. The van der Waals surface area contributed by atoms with Gasteiger partial charge < -0.3 is 4.90 Å². The van der Waals surface area contributed by atoms with E-state index in [1.807, 2.05) is 44.7 Å². The Morgan fingerprint density at radius 2 is 1.78 bits per heavy atom. The minimum atomic E-state index is -0.00447. The predicted octanol–water partition coefficient (Wildman–Crippen LogP) is 4.39. The number of benzene rings is 1. The molecule has 4 heteroatoms. The van der Waals surface area contributed by atoms with Crippen molar-refractivity contribution < 1.29 is 4.79 Å². The Hall–Kier alpha value is -0.730. The molecule has 0 bridgehead atoms. The summed E-state index contributed by atoms with van der Waals surface area (Å²) in [6, 6.07) is 5.64. The van der Waals surface area contributed by atoms with Crippen molar-refractivity contribution in [3.63, 3.8) is 0 Å². The van der Waals surface area contributed by atoms with Crippen molar-refractivity contribution in [2.45, 2.75) is 40.3 Å². The zero-order valence-electron chi connectivity index (χ0n) is 11.2. The Kier molecular flexibility index (Phi) is 5.48. The van der Waals surface area contributed by atoms with Crippen LogP contribution >= 0.6 is 23.2 Å². The zero-order valence-corrected chi connectivity index (χ0v) is 12.7. The maximum Gasteiger partial charge on any atom is 0.225 e. The highest BCUT2D eigenvalue weighted by Crippen LogP contribution is 2.24. The van der Waals surface area contributed by atoms with Crippen molar-refractivity contribution in [3.8, 4) is 0 Å². The lowest BCUT2D eigenvalue weighted by Gasteiger charge is -2.28. The van der Waals surface area contributed by atoms with E-state index in [2.05, 4.69) is 0 Å². The van der Waals surface area contributed by atoms with Crippen LogP contribution < -0.4 is 0 Å². The van der Waals surface area contributed by atoms with Gasteiger partial charge in [-0.15, -0.1) is 0 Å². The second kappa shape index (κ2) is 6.44. The van der Waals surface area contributed by atoms with Gasteiger partial charge in [0.2, 0.25) is 5.91 Å².